The predicted octanol–water partition coefficient (Wildman–Crippen LogP) is 1.75. The summed E-state index contributed by atoms with van der Waals surface area (Å²) in [5.41, 5.74) is 0. The first-order valence-corrected chi connectivity index (χ1v) is 6.51. The monoisotopic (exact) mass is 246 g/mol. The lowest BCUT2D eigenvalue weighted by atomic mass is 10.7. The fourth-order valence-corrected chi connectivity index (χ4v) is 3.04. The van der Waals surface area contributed by atoms with E-state index in [1.165, 1.54) is 0 Å². The third-order valence-electron chi connectivity index (χ3n) is 1.08. The van der Waals surface area contributed by atoms with Gasteiger partial charge in [-0.25, -0.2) is 0 Å². The van der Waals surface area contributed by atoms with Crippen LogP contribution in [0.2, 0.25) is 6.55 Å². The SMILES string of the molecule is C=C(C)O[Si](C)(OC(=C)C)OC(=C)C.[SiH4]. The third kappa shape index (κ3) is 8.08. The van der Waals surface area contributed by atoms with Gasteiger partial charge in [-0.1, -0.05) is 19.7 Å². The highest BCUT2D eigenvalue weighted by Gasteiger charge is 2.42. The molecular weight excluding hydrogens is 224 g/mol. The van der Waals surface area contributed by atoms with E-state index in [1.807, 2.05) is 0 Å². The van der Waals surface area contributed by atoms with Gasteiger partial charge in [0, 0.05) is 6.55 Å². The van der Waals surface area contributed by atoms with Crippen LogP contribution in [0.15, 0.2) is 37.0 Å². The number of hydrogen-bond acceptors (Lipinski definition) is 3. The molecule has 0 aromatic rings. The molecule has 0 bridgehead atoms. The zero-order valence-corrected chi connectivity index (χ0v) is 10.3. The van der Waals surface area contributed by atoms with Crippen molar-refractivity contribution in [1.82, 2.24) is 0 Å². The van der Waals surface area contributed by atoms with Gasteiger partial charge in [-0.15, -0.1) is 0 Å². The molecular formula is C10H22O3Si2. The maximum absolute atomic E-state index is 5.44. The molecule has 0 N–H and O–H groups in total. The molecule has 0 radical (unpaired) electrons. The molecule has 0 aliphatic heterocycles. The van der Waals surface area contributed by atoms with E-state index in [1.54, 1.807) is 27.3 Å². The fourth-order valence-electron chi connectivity index (χ4n) is 1.01. The van der Waals surface area contributed by atoms with Gasteiger partial charge in [0.2, 0.25) is 0 Å². The average Bonchev–Trinajstić information content (AvgIpc) is 1.76. The molecule has 0 aromatic carbocycles. The summed E-state index contributed by atoms with van der Waals surface area (Å²) in [4.78, 5) is 0. The normalized spacial score (nSPS) is 9.60. The Morgan fingerprint density at radius 2 is 1.00 bits per heavy atom. The maximum Gasteiger partial charge on any atom is 0.695 e. The summed E-state index contributed by atoms with van der Waals surface area (Å²) in [6, 6.07) is 0. The van der Waals surface area contributed by atoms with Crippen LogP contribution in [0.5, 0.6) is 0 Å². The third-order valence-corrected chi connectivity index (χ3v) is 3.24. The first-order valence-electron chi connectivity index (χ1n) is 4.29. The van der Waals surface area contributed by atoms with Crippen molar-refractivity contribution in [1.29, 1.82) is 0 Å². The molecule has 5 heteroatoms. The van der Waals surface area contributed by atoms with Crippen LogP contribution >= 0.6 is 0 Å². The van der Waals surface area contributed by atoms with Gasteiger partial charge in [0.25, 0.3) is 0 Å². The van der Waals surface area contributed by atoms with Crippen molar-refractivity contribution < 1.29 is 13.3 Å². The smallest absolute Gasteiger partial charge is 0.488 e. The predicted molar refractivity (Wildman–Crippen MR) is 70.6 cm³/mol. The van der Waals surface area contributed by atoms with Crippen molar-refractivity contribution in [2.75, 3.05) is 0 Å². The highest BCUT2D eigenvalue weighted by molar-refractivity contribution is 6.60. The lowest BCUT2D eigenvalue weighted by Gasteiger charge is -2.27. The van der Waals surface area contributed by atoms with Crippen LogP contribution in [0, 0.1) is 0 Å². The Kier molecular flexibility index (Phi) is 7.17. The molecule has 0 aliphatic carbocycles. The summed E-state index contributed by atoms with van der Waals surface area (Å²) in [5.74, 6) is 1.67. The molecule has 15 heavy (non-hydrogen) atoms. The van der Waals surface area contributed by atoms with E-state index in [2.05, 4.69) is 19.7 Å². The molecule has 0 rings (SSSR count). The lowest BCUT2D eigenvalue weighted by Crippen LogP contribution is -2.40. The quantitative estimate of drug-likeness (QED) is 0.528. The topological polar surface area (TPSA) is 27.7 Å². The highest BCUT2D eigenvalue weighted by atomic mass is 28.4. The van der Waals surface area contributed by atoms with Crippen molar-refractivity contribution >= 4 is 19.8 Å². The van der Waals surface area contributed by atoms with Gasteiger partial charge < -0.3 is 13.3 Å². The Hall–Kier alpha value is -0.946. The van der Waals surface area contributed by atoms with Gasteiger partial charge in [0.15, 0.2) is 0 Å². The highest BCUT2D eigenvalue weighted by Crippen LogP contribution is 2.18. The number of hydrogen-bond donors (Lipinski definition) is 0. The summed E-state index contributed by atoms with van der Waals surface area (Å²) >= 11 is 0. The molecule has 0 saturated carbocycles. The Morgan fingerprint density at radius 3 is 1.13 bits per heavy atom. The average molecular weight is 246 g/mol. The molecule has 0 fully saturated rings. The molecule has 0 spiro atoms. The van der Waals surface area contributed by atoms with Crippen LogP contribution in [0.25, 0.3) is 0 Å². The van der Waals surface area contributed by atoms with Crippen molar-refractivity contribution in [2.24, 2.45) is 0 Å². The van der Waals surface area contributed by atoms with Gasteiger partial charge in [-0.3, -0.25) is 0 Å². The van der Waals surface area contributed by atoms with Crippen LogP contribution in [0.1, 0.15) is 20.8 Å². The van der Waals surface area contributed by atoms with E-state index < -0.39 is 8.80 Å². The molecule has 0 unspecified atom stereocenters. The second-order valence-electron chi connectivity index (χ2n) is 3.27. The lowest BCUT2D eigenvalue weighted by molar-refractivity contribution is 0.153. The van der Waals surface area contributed by atoms with Gasteiger partial charge in [-0.2, -0.15) is 0 Å². The largest absolute Gasteiger partial charge is 0.695 e. The Labute approximate surface area is 97.8 Å². The molecule has 0 aromatic heterocycles. The van der Waals surface area contributed by atoms with Crippen molar-refractivity contribution in [3.63, 3.8) is 0 Å². The summed E-state index contributed by atoms with van der Waals surface area (Å²) in [6.07, 6.45) is 0. The van der Waals surface area contributed by atoms with Crippen molar-refractivity contribution in [3.05, 3.63) is 37.0 Å². The summed E-state index contributed by atoms with van der Waals surface area (Å²) in [5, 5.41) is 0. The Morgan fingerprint density at radius 1 is 0.800 bits per heavy atom. The molecule has 3 nitrogen and oxygen atoms in total. The zero-order chi connectivity index (χ0) is 11.4. The van der Waals surface area contributed by atoms with Crippen LogP contribution in [-0.4, -0.2) is 19.8 Å². The van der Waals surface area contributed by atoms with Gasteiger partial charge in [0.05, 0.1) is 17.3 Å². The Balaban J connectivity index is 0. The van der Waals surface area contributed by atoms with Crippen LogP contribution in [-0.2, 0) is 13.3 Å². The second-order valence-corrected chi connectivity index (χ2v) is 5.61. The first-order chi connectivity index (χ1) is 6.25. The second kappa shape index (κ2) is 6.52. The molecule has 0 saturated heterocycles. The molecule has 88 valence electrons. The summed E-state index contributed by atoms with van der Waals surface area (Å²) in [7, 11) is -2.74. The van der Waals surface area contributed by atoms with E-state index in [9.17, 15) is 0 Å². The van der Waals surface area contributed by atoms with E-state index >= 15 is 0 Å². The standard InChI is InChI=1S/C10H18O3Si.H4Si/c1-8(2)11-14(7,12-9(3)4)13-10(5)6;/h1,3,5H2,2,4,6-7H3;1H4. The van der Waals surface area contributed by atoms with Crippen LogP contribution in [0.4, 0.5) is 0 Å². The van der Waals surface area contributed by atoms with Gasteiger partial charge in [0.1, 0.15) is 0 Å². The molecule has 0 atom stereocenters. The number of allylic oxidation sites excluding steroid dienone is 3. The van der Waals surface area contributed by atoms with E-state index in [0.29, 0.717) is 17.3 Å². The van der Waals surface area contributed by atoms with E-state index in [4.69, 9.17) is 13.3 Å². The first kappa shape index (κ1) is 16.5. The molecule has 0 amide bonds. The Bertz CT molecular complexity index is 221. The van der Waals surface area contributed by atoms with Gasteiger partial charge in [-0.05, 0) is 31.7 Å². The maximum atomic E-state index is 5.44. The van der Waals surface area contributed by atoms with E-state index in [0.717, 1.165) is 0 Å². The minimum Gasteiger partial charge on any atom is -0.488 e. The van der Waals surface area contributed by atoms with Crippen molar-refractivity contribution in [3.8, 4) is 0 Å². The minimum atomic E-state index is -2.74. The molecule has 0 heterocycles. The van der Waals surface area contributed by atoms with Crippen molar-refractivity contribution in [2.45, 2.75) is 27.3 Å². The fraction of sp³-hybridized carbons (Fsp3) is 0.400. The number of rotatable bonds is 6. The minimum absolute atomic E-state index is 0. The zero-order valence-electron chi connectivity index (χ0n) is 9.35. The van der Waals surface area contributed by atoms with Crippen LogP contribution in [0.3, 0.4) is 0 Å². The summed E-state index contributed by atoms with van der Waals surface area (Å²) < 4.78 is 16.3. The van der Waals surface area contributed by atoms with Crippen LogP contribution < -0.4 is 0 Å². The van der Waals surface area contributed by atoms with E-state index in [-0.39, 0.29) is 11.0 Å². The molecule has 0 aliphatic rings. The summed E-state index contributed by atoms with van der Waals surface area (Å²) in [6.45, 7) is 17.9. The van der Waals surface area contributed by atoms with Gasteiger partial charge >= 0.3 is 8.80 Å².